The van der Waals surface area contributed by atoms with E-state index < -0.39 is 0 Å². The van der Waals surface area contributed by atoms with Crippen LogP contribution in [0.1, 0.15) is 27.2 Å². The van der Waals surface area contributed by atoms with Gasteiger partial charge in [0, 0.05) is 19.2 Å². The molecule has 2 rings (SSSR count). The third kappa shape index (κ3) is 2.63. The van der Waals surface area contributed by atoms with Crippen LogP contribution >= 0.6 is 15.9 Å². The molecular formula is C14H20BrFN2. The first kappa shape index (κ1) is 13.7. The molecule has 4 heteroatoms. The minimum atomic E-state index is -0.303. The lowest BCUT2D eigenvalue weighted by Crippen LogP contribution is -2.26. The topological polar surface area (TPSA) is 29.3 Å². The Balaban J connectivity index is 2.22. The average molecular weight is 315 g/mol. The molecule has 0 aliphatic carbocycles. The van der Waals surface area contributed by atoms with E-state index in [2.05, 4.69) is 41.6 Å². The van der Waals surface area contributed by atoms with Crippen molar-refractivity contribution in [3.63, 3.8) is 0 Å². The van der Waals surface area contributed by atoms with Gasteiger partial charge >= 0.3 is 0 Å². The number of anilines is 2. The summed E-state index contributed by atoms with van der Waals surface area (Å²) >= 11 is 3.22. The summed E-state index contributed by atoms with van der Waals surface area (Å²) in [5.41, 5.74) is 7.69. The monoisotopic (exact) mass is 314 g/mol. The Labute approximate surface area is 116 Å². The Kier molecular flexibility index (Phi) is 3.58. The Hall–Kier alpha value is -0.770. The van der Waals surface area contributed by atoms with Crippen molar-refractivity contribution in [1.82, 2.24) is 0 Å². The normalized spacial score (nSPS) is 20.5. The number of nitrogens with two attached hydrogens (primary N) is 1. The molecule has 1 heterocycles. The van der Waals surface area contributed by atoms with E-state index in [0.29, 0.717) is 21.5 Å². The summed E-state index contributed by atoms with van der Waals surface area (Å²) in [4.78, 5) is 2.26. The molecule has 1 atom stereocenters. The molecule has 2 N–H and O–H groups in total. The van der Waals surface area contributed by atoms with E-state index in [4.69, 9.17) is 5.73 Å². The molecule has 2 nitrogen and oxygen atoms in total. The van der Waals surface area contributed by atoms with Crippen LogP contribution in [0.15, 0.2) is 16.6 Å². The molecule has 1 aromatic carbocycles. The molecule has 1 aliphatic rings. The van der Waals surface area contributed by atoms with Crippen molar-refractivity contribution < 1.29 is 4.39 Å². The molecule has 0 amide bonds. The van der Waals surface area contributed by atoms with Gasteiger partial charge in [-0.3, -0.25) is 0 Å². The Morgan fingerprint density at radius 2 is 2.06 bits per heavy atom. The molecule has 1 saturated heterocycles. The van der Waals surface area contributed by atoms with Crippen LogP contribution in [0.5, 0.6) is 0 Å². The molecule has 0 aromatic heterocycles. The first-order valence-corrected chi connectivity index (χ1v) is 7.08. The van der Waals surface area contributed by atoms with Crippen LogP contribution in [0.4, 0.5) is 15.8 Å². The number of benzene rings is 1. The number of rotatable bonds is 1. The summed E-state index contributed by atoms with van der Waals surface area (Å²) in [7, 11) is 0. The maximum absolute atomic E-state index is 13.4. The lowest BCUT2D eigenvalue weighted by molar-refractivity contribution is 0.263. The van der Waals surface area contributed by atoms with Crippen LogP contribution in [0.25, 0.3) is 0 Å². The van der Waals surface area contributed by atoms with Gasteiger partial charge in [-0.2, -0.15) is 0 Å². The molecule has 0 spiro atoms. The highest BCUT2D eigenvalue weighted by Gasteiger charge is 2.32. The fourth-order valence-corrected chi connectivity index (χ4v) is 2.84. The standard InChI is InChI=1S/C14H20BrFN2/c1-14(2,3)9-4-5-18(8-9)13-6-10(15)11(16)7-12(13)17/h6-7,9H,4-5,8,17H2,1-3H3. The molecular weight excluding hydrogens is 295 g/mol. The van der Waals surface area contributed by atoms with Crippen molar-refractivity contribution in [3.8, 4) is 0 Å². The van der Waals surface area contributed by atoms with Crippen LogP contribution < -0.4 is 10.6 Å². The summed E-state index contributed by atoms with van der Waals surface area (Å²) in [6, 6.07) is 3.18. The van der Waals surface area contributed by atoms with Gasteiger partial charge in [-0.25, -0.2) is 4.39 Å². The molecule has 1 aromatic rings. The summed E-state index contributed by atoms with van der Waals surface area (Å²) in [5.74, 6) is 0.351. The molecule has 1 unspecified atom stereocenters. The summed E-state index contributed by atoms with van der Waals surface area (Å²) < 4.78 is 13.8. The van der Waals surface area contributed by atoms with Crippen molar-refractivity contribution in [1.29, 1.82) is 0 Å². The third-order valence-electron chi connectivity index (χ3n) is 3.82. The van der Waals surface area contributed by atoms with Gasteiger partial charge in [0.15, 0.2) is 0 Å². The minimum absolute atomic E-state index is 0.303. The van der Waals surface area contributed by atoms with Gasteiger partial charge < -0.3 is 10.6 Å². The summed E-state index contributed by atoms with van der Waals surface area (Å²) in [6.45, 7) is 8.79. The smallest absolute Gasteiger partial charge is 0.139 e. The second-order valence-electron chi connectivity index (χ2n) is 6.12. The highest BCUT2D eigenvalue weighted by atomic mass is 79.9. The van der Waals surface area contributed by atoms with Gasteiger partial charge in [0.1, 0.15) is 5.82 Å². The molecule has 1 aliphatic heterocycles. The van der Waals surface area contributed by atoms with Crippen molar-refractivity contribution in [2.45, 2.75) is 27.2 Å². The average Bonchev–Trinajstić information content (AvgIpc) is 2.72. The SMILES string of the molecule is CC(C)(C)C1CCN(c2cc(Br)c(F)cc2N)C1. The van der Waals surface area contributed by atoms with Crippen molar-refractivity contribution in [2.24, 2.45) is 11.3 Å². The number of nitrogen functional groups attached to an aromatic ring is 1. The zero-order valence-corrected chi connectivity index (χ0v) is 12.7. The number of halogens is 2. The highest BCUT2D eigenvalue weighted by Crippen LogP contribution is 2.38. The van der Waals surface area contributed by atoms with Gasteiger partial charge in [0.05, 0.1) is 15.8 Å². The van der Waals surface area contributed by atoms with E-state index in [1.165, 1.54) is 6.07 Å². The maximum atomic E-state index is 13.4. The Bertz CT molecular complexity index is 454. The lowest BCUT2D eigenvalue weighted by Gasteiger charge is -2.28. The largest absolute Gasteiger partial charge is 0.397 e. The second-order valence-corrected chi connectivity index (χ2v) is 6.98. The minimum Gasteiger partial charge on any atom is -0.397 e. The molecule has 100 valence electrons. The van der Waals surface area contributed by atoms with Crippen LogP contribution in [-0.2, 0) is 0 Å². The van der Waals surface area contributed by atoms with Gasteiger partial charge in [-0.1, -0.05) is 20.8 Å². The van der Waals surface area contributed by atoms with E-state index in [0.717, 1.165) is 25.2 Å². The molecule has 18 heavy (non-hydrogen) atoms. The Morgan fingerprint density at radius 1 is 1.39 bits per heavy atom. The van der Waals surface area contributed by atoms with E-state index in [-0.39, 0.29) is 5.82 Å². The van der Waals surface area contributed by atoms with Crippen molar-refractivity contribution >= 4 is 27.3 Å². The Morgan fingerprint density at radius 3 is 2.61 bits per heavy atom. The highest BCUT2D eigenvalue weighted by molar-refractivity contribution is 9.10. The molecule has 0 bridgehead atoms. The van der Waals surface area contributed by atoms with Gasteiger partial charge in [-0.15, -0.1) is 0 Å². The van der Waals surface area contributed by atoms with E-state index in [1.807, 2.05) is 0 Å². The number of hydrogen-bond acceptors (Lipinski definition) is 2. The molecule has 1 fully saturated rings. The van der Waals surface area contributed by atoms with Crippen molar-refractivity contribution in [2.75, 3.05) is 23.7 Å². The third-order valence-corrected chi connectivity index (χ3v) is 4.43. The quantitative estimate of drug-likeness (QED) is 0.793. The lowest BCUT2D eigenvalue weighted by atomic mass is 9.80. The number of nitrogens with zero attached hydrogens (tertiary/aromatic N) is 1. The fourth-order valence-electron chi connectivity index (χ4n) is 2.51. The van der Waals surface area contributed by atoms with E-state index in [9.17, 15) is 4.39 Å². The zero-order chi connectivity index (χ0) is 13.5. The molecule has 0 radical (unpaired) electrons. The molecule has 0 saturated carbocycles. The van der Waals surface area contributed by atoms with Gasteiger partial charge in [0.25, 0.3) is 0 Å². The number of hydrogen-bond donors (Lipinski definition) is 1. The first-order valence-electron chi connectivity index (χ1n) is 6.28. The predicted octanol–water partition coefficient (Wildman–Crippen LogP) is 4.04. The van der Waals surface area contributed by atoms with E-state index >= 15 is 0 Å². The second kappa shape index (κ2) is 4.72. The first-order chi connectivity index (χ1) is 8.29. The van der Waals surface area contributed by atoms with Crippen LogP contribution in [0, 0.1) is 17.2 Å². The maximum Gasteiger partial charge on any atom is 0.139 e. The van der Waals surface area contributed by atoms with Gasteiger partial charge in [0.2, 0.25) is 0 Å². The predicted molar refractivity (Wildman–Crippen MR) is 78.3 cm³/mol. The summed E-state index contributed by atoms with van der Waals surface area (Å²) in [6.07, 6.45) is 1.16. The summed E-state index contributed by atoms with van der Waals surface area (Å²) in [5, 5.41) is 0. The zero-order valence-electron chi connectivity index (χ0n) is 11.1. The van der Waals surface area contributed by atoms with Gasteiger partial charge in [-0.05, 0) is 39.8 Å². The fraction of sp³-hybridized carbons (Fsp3) is 0.571. The van der Waals surface area contributed by atoms with E-state index in [1.54, 1.807) is 6.07 Å². The van der Waals surface area contributed by atoms with Crippen LogP contribution in [0.2, 0.25) is 0 Å². The van der Waals surface area contributed by atoms with Crippen LogP contribution in [-0.4, -0.2) is 13.1 Å². The van der Waals surface area contributed by atoms with Crippen molar-refractivity contribution in [3.05, 3.63) is 22.4 Å². The van der Waals surface area contributed by atoms with Crippen LogP contribution in [0.3, 0.4) is 0 Å².